The average molecular weight is 181 g/mol. The highest BCUT2D eigenvalue weighted by Crippen LogP contribution is 2.34. The van der Waals surface area contributed by atoms with Crippen LogP contribution in [-0.4, -0.2) is 26.7 Å². The molecule has 0 unspecified atom stereocenters. The van der Waals surface area contributed by atoms with Crippen LogP contribution in [0.15, 0.2) is 6.20 Å². The lowest BCUT2D eigenvalue weighted by molar-refractivity contribution is 0.276. The van der Waals surface area contributed by atoms with Gasteiger partial charge in [0.2, 0.25) is 0 Å². The molecule has 0 saturated heterocycles. The molecule has 1 aliphatic carbocycles. The zero-order chi connectivity index (χ0) is 9.10. The van der Waals surface area contributed by atoms with Crippen molar-refractivity contribution in [2.75, 3.05) is 6.61 Å². The maximum Gasteiger partial charge on any atom is 0.0857 e. The number of aliphatic hydroxyl groups is 1. The zero-order valence-corrected chi connectivity index (χ0v) is 7.69. The Morgan fingerprint density at radius 2 is 2.38 bits per heavy atom. The van der Waals surface area contributed by atoms with Gasteiger partial charge in [-0.05, 0) is 19.3 Å². The van der Waals surface area contributed by atoms with Crippen molar-refractivity contribution in [3.8, 4) is 0 Å². The second-order valence-corrected chi connectivity index (χ2v) is 3.61. The first-order valence-electron chi connectivity index (χ1n) is 4.91. The van der Waals surface area contributed by atoms with Gasteiger partial charge in [0.1, 0.15) is 0 Å². The van der Waals surface area contributed by atoms with Crippen molar-refractivity contribution in [1.29, 1.82) is 0 Å². The van der Waals surface area contributed by atoms with Crippen molar-refractivity contribution in [1.82, 2.24) is 15.0 Å². The third-order valence-corrected chi connectivity index (χ3v) is 2.63. The quantitative estimate of drug-likeness (QED) is 0.751. The number of hydrogen-bond donors (Lipinski definition) is 1. The minimum Gasteiger partial charge on any atom is -0.396 e. The van der Waals surface area contributed by atoms with Gasteiger partial charge in [-0.2, -0.15) is 0 Å². The summed E-state index contributed by atoms with van der Waals surface area (Å²) in [6.07, 6.45) is 6.62. The van der Waals surface area contributed by atoms with E-state index in [1.54, 1.807) is 0 Å². The summed E-state index contributed by atoms with van der Waals surface area (Å²) in [6, 6.07) is 0. The third-order valence-electron chi connectivity index (χ3n) is 2.63. The Balaban J connectivity index is 1.92. The molecule has 0 atom stereocenters. The smallest absolute Gasteiger partial charge is 0.0857 e. The molecule has 2 rings (SSSR count). The fraction of sp³-hybridized carbons (Fsp3) is 0.778. The zero-order valence-electron chi connectivity index (χ0n) is 7.69. The van der Waals surface area contributed by atoms with Gasteiger partial charge in [-0.3, -0.25) is 4.68 Å². The van der Waals surface area contributed by atoms with Gasteiger partial charge in [-0.15, -0.1) is 5.10 Å². The molecule has 0 bridgehead atoms. The van der Waals surface area contributed by atoms with Gasteiger partial charge in [0.15, 0.2) is 0 Å². The van der Waals surface area contributed by atoms with Crippen molar-refractivity contribution < 1.29 is 5.11 Å². The maximum atomic E-state index is 8.64. The molecule has 0 aliphatic heterocycles. The molecule has 1 aromatic heterocycles. The molecule has 1 heterocycles. The molecule has 0 spiro atoms. The number of aliphatic hydroxyl groups excluding tert-OH is 1. The van der Waals surface area contributed by atoms with Crippen LogP contribution in [0, 0.1) is 0 Å². The van der Waals surface area contributed by atoms with Crippen LogP contribution in [0.3, 0.4) is 0 Å². The number of rotatable bonds is 4. The molecule has 4 heteroatoms. The van der Waals surface area contributed by atoms with E-state index in [1.165, 1.54) is 19.3 Å². The van der Waals surface area contributed by atoms with Crippen molar-refractivity contribution >= 4 is 0 Å². The van der Waals surface area contributed by atoms with Crippen LogP contribution in [0.25, 0.3) is 0 Å². The van der Waals surface area contributed by atoms with Gasteiger partial charge < -0.3 is 5.11 Å². The van der Waals surface area contributed by atoms with E-state index in [-0.39, 0.29) is 6.61 Å². The van der Waals surface area contributed by atoms with Gasteiger partial charge in [-0.25, -0.2) is 0 Å². The molecule has 0 aromatic carbocycles. The Labute approximate surface area is 77.6 Å². The standard InChI is InChI=1S/C9H15N3O/c13-6-2-5-12-7-9(10-11-12)8-3-1-4-8/h7-8,13H,1-6H2. The summed E-state index contributed by atoms with van der Waals surface area (Å²) in [5.41, 5.74) is 1.13. The molecule has 4 nitrogen and oxygen atoms in total. The van der Waals surface area contributed by atoms with Gasteiger partial charge >= 0.3 is 0 Å². The van der Waals surface area contributed by atoms with Crippen LogP contribution in [0.5, 0.6) is 0 Å². The summed E-state index contributed by atoms with van der Waals surface area (Å²) in [6.45, 7) is 0.995. The topological polar surface area (TPSA) is 50.9 Å². The van der Waals surface area contributed by atoms with Crippen LogP contribution in [0.4, 0.5) is 0 Å². The highest BCUT2D eigenvalue weighted by atomic mass is 16.3. The predicted molar refractivity (Wildman–Crippen MR) is 48.3 cm³/mol. The number of nitrogens with zero attached hydrogens (tertiary/aromatic N) is 3. The third kappa shape index (κ3) is 1.88. The van der Waals surface area contributed by atoms with E-state index in [0.717, 1.165) is 18.7 Å². The summed E-state index contributed by atoms with van der Waals surface area (Å²) in [7, 11) is 0. The minimum atomic E-state index is 0.221. The summed E-state index contributed by atoms with van der Waals surface area (Å²) in [4.78, 5) is 0. The average Bonchev–Trinajstić information content (AvgIpc) is 2.46. The first-order valence-corrected chi connectivity index (χ1v) is 4.91. The molecule has 1 fully saturated rings. The first kappa shape index (κ1) is 8.69. The Morgan fingerprint density at radius 1 is 1.54 bits per heavy atom. The second kappa shape index (κ2) is 3.87. The highest BCUT2D eigenvalue weighted by Gasteiger charge is 2.22. The highest BCUT2D eigenvalue weighted by molar-refractivity contribution is 5.05. The maximum absolute atomic E-state index is 8.64. The van der Waals surface area contributed by atoms with E-state index in [4.69, 9.17) is 5.11 Å². The molecule has 1 N–H and O–H groups in total. The van der Waals surface area contributed by atoms with Crippen LogP contribution in [-0.2, 0) is 6.54 Å². The van der Waals surface area contributed by atoms with Crippen molar-refractivity contribution in [2.45, 2.75) is 38.1 Å². The molecular formula is C9H15N3O. The molecular weight excluding hydrogens is 166 g/mol. The van der Waals surface area contributed by atoms with Crippen molar-refractivity contribution in [3.63, 3.8) is 0 Å². The first-order chi connectivity index (χ1) is 6.40. The molecule has 1 saturated carbocycles. The lowest BCUT2D eigenvalue weighted by atomic mass is 9.83. The van der Waals surface area contributed by atoms with E-state index >= 15 is 0 Å². The lowest BCUT2D eigenvalue weighted by Gasteiger charge is -2.22. The molecule has 1 aliphatic rings. The van der Waals surface area contributed by atoms with E-state index in [0.29, 0.717) is 5.92 Å². The number of aryl methyl sites for hydroxylation is 1. The van der Waals surface area contributed by atoms with E-state index in [1.807, 2.05) is 10.9 Å². The lowest BCUT2D eigenvalue weighted by Crippen LogP contribution is -2.08. The Bertz CT molecular complexity index is 268. The molecule has 0 amide bonds. The molecule has 1 aromatic rings. The van der Waals surface area contributed by atoms with E-state index in [2.05, 4.69) is 10.3 Å². The number of aromatic nitrogens is 3. The van der Waals surface area contributed by atoms with Gasteiger partial charge in [0.05, 0.1) is 5.69 Å². The predicted octanol–water partition coefficient (Wildman–Crippen LogP) is 0.928. The fourth-order valence-electron chi connectivity index (χ4n) is 1.55. The van der Waals surface area contributed by atoms with Crippen LogP contribution in [0.1, 0.15) is 37.3 Å². The summed E-state index contributed by atoms with van der Waals surface area (Å²) < 4.78 is 1.82. The molecule has 0 radical (unpaired) electrons. The van der Waals surface area contributed by atoms with Crippen molar-refractivity contribution in [2.24, 2.45) is 0 Å². The van der Waals surface area contributed by atoms with Gasteiger partial charge in [0, 0.05) is 25.3 Å². The second-order valence-electron chi connectivity index (χ2n) is 3.61. The number of hydrogen-bond acceptors (Lipinski definition) is 3. The van der Waals surface area contributed by atoms with E-state index < -0.39 is 0 Å². The summed E-state index contributed by atoms with van der Waals surface area (Å²) in [5, 5.41) is 16.8. The fourth-order valence-corrected chi connectivity index (χ4v) is 1.55. The summed E-state index contributed by atoms with van der Waals surface area (Å²) >= 11 is 0. The Morgan fingerprint density at radius 3 is 3.00 bits per heavy atom. The van der Waals surface area contributed by atoms with Crippen LogP contribution < -0.4 is 0 Å². The normalized spacial score (nSPS) is 17.3. The Hall–Kier alpha value is -0.900. The van der Waals surface area contributed by atoms with Crippen LogP contribution >= 0.6 is 0 Å². The minimum absolute atomic E-state index is 0.221. The largest absolute Gasteiger partial charge is 0.396 e. The van der Waals surface area contributed by atoms with Crippen LogP contribution in [0.2, 0.25) is 0 Å². The molecule has 13 heavy (non-hydrogen) atoms. The van der Waals surface area contributed by atoms with Gasteiger partial charge in [-0.1, -0.05) is 11.6 Å². The van der Waals surface area contributed by atoms with Gasteiger partial charge in [0.25, 0.3) is 0 Å². The molecule has 72 valence electrons. The Kier molecular flexibility index (Phi) is 2.59. The van der Waals surface area contributed by atoms with Crippen molar-refractivity contribution in [3.05, 3.63) is 11.9 Å². The van der Waals surface area contributed by atoms with E-state index in [9.17, 15) is 0 Å². The SMILES string of the molecule is OCCCn1cc(C2CCC2)nn1. The monoisotopic (exact) mass is 181 g/mol. The summed E-state index contributed by atoms with van der Waals surface area (Å²) in [5.74, 6) is 0.655.